The summed E-state index contributed by atoms with van der Waals surface area (Å²) in [6.45, 7) is 1.02. The molecule has 36 heavy (non-hydrogen) atoms. The molecule has 0 bridgehead atoms. The van der Waals surface area contributed by atoms with Crippen molar-refractivity contribution < 1.29 is 34.8 Å². The number of alkyl halides is 3. The van der Waals surface area contributed by atoms with Crippen molar-refractivity contribution in [3.05, 3.63) is 83.9 Å². The van der Waals surface area contributed by atoms with Gasteiger partial charge in [-0.25, -0.2) is 16.8 Å². The molecule has 0 aliphatic rings. The SMILES string of the molecule is Cc1cccc(NS(=O)(=O)c2ccc(NC(=O)CN(c3cccc(C(F)(F)F)c3)S(C)(=O)=O)cc2)c1. The van der Waals surface area contributed by atoms with E-state index in [9.17, 15) is 34.8 Å². The van der Waals surface area contributed by atoms with Gasteiger partial charge in [0.15, 0.2) is 0 Å². The number of nitrogens with zero attached hydrogens (tertiary/aromatic N) is 1. The van der Waals surface area contributed by atoms with Gasteiger partial charge in [-0.15, -0.1) is 0 Å². The Morgan fingerprint density at radius 3 is 2.11 bits per heavy atom. The number of carbonyl (C=O) groups is 1. The zero-order valence-corrected chi connectivity index (χ0v) is 20.7. The molecule has 0 unspecified atom stereocenters. The first-order chi connectivity index (χ1) is 16.6. The van der Waals surface area contributed by atoms with E-state index in [1.54, 1.807) is 18.2 Å². The van der Waals surface area contributed by atoms with E-state index >= 15 is 0 Å². The second kappa shape index (κ2) is 10.2. The number of benzene rings is 3. The second-order valence-electron chi connectivity index (χ2n) is 7.87. The van der Waals surface area contributed by atoms with Crippen LogP contribution in [0.15, 0.2) is 77.7 Å². The predicted octanol–water partition coefficient (Wildman–Crippen LogP) is 4.22. The molecule has 0 aromatic heterocycles. The number of nitrogens with one attached hydrogen (secondary N) is 2. The Bertz CT molecular complexity index is 1470. The molecule has 3 rings (SSSR count). The molecule has 3 aromatic rings. The van der Waals surface area contributed by atoms with Crippen LogP contribution in [0.4, 0.5) is 30.2 Å². The molecular weight excluding hydrogens is 519 g/mol. The van der Waals surface area contributed by atoms with Gasteiger partial charge >= 0.3 is 6.18 Å². The van der Waals surface area contributed by atoms with Crippen LogP contribution in [0.25, 0.3) is 0 Å². The van der Waals surface area contributed by atoms with Gasteiger partial charge < -0.3 is 5.32 Å². The smallest absolute Gasteiger partial charge is 0.325 e. The maximum Gasteiger partial charge on any atom is 0.416 e. The van der Waals surface area contributed by atoms with E-state index in [0.717, 1.165) is 30.0 Å². The monoisotopic (exact) mass is 541 g/mol. The standard InChI is InChI=1S/C23H22F3N3O5S2/c1-16-5-3-7-19(13-16)28-36(33,34)21-11-9-18(10-12-21)27-22(30)15-29(35(2,31)32)20-8-4-6-17(14-20)23(24,25)26/h3-14,28H,15H2,1-2H3,(H,27,30). The fourth-order valence-electron chi connectivity index (χ4n) is 3.21. The summed E-state index contributed by atoms with van der Waals surface area (Å²) in [5, 5.41) is 2.41. The fourth-order valence-corrected chi connectivity index (χ4v) is 5.11. The number of amides is 1. The first kappa shape index (κ1) is 27.0. The third kappa shape index (κ3) is 6.98. The van der Waals surface area contributed by atoms with Crippen LogP contribution in [0.2, 0.25) is 0 Å². The highest BCUT2D eigenvalue weighted by Crippen LogP contribution is 2.32. The van der Waals surface area contributed by atoms with Gasteiger partial charge in [0.1, 0.15) is 6.54 Å². The average Bonchev–Trinajstić information content (AvgIpc) is 2.76. The van der Waals surface area contributed by atoms with Gasteiger partial charge in [0.2, 0.25) is 15.9 Å². The van der Waals surface area contributed by atoms with Crippen molar-refractivity contribution in [1.82, 2.24) is 0 Å². The zero-order chi connectivity index (χ0) is 26.7. The summed E-state index contributed by atoms with van der Waals surface area (Å²) in [4.78, 5) is 12.4. The molecule has 192 valence electrons. The molecule has 0 fully saturated rings. The third-order valence-electron chi connectivity index (χ3n) is 4.87. The molecule has 0 aliphatic carbocycles. The number of carbonyl (C=O) groups excluding carboxylic acids is 1. The van der Waals surface area contributed by atoms with E-state index < -0.39 is 44.2 Å². The first-order valence-corrected chi connectivity index (χ1v) is 13.6. The Hall–Kier alpha value is -3.58. The lowest BCUT2D eigenvalue weighted by atomic mass is 10.2. The topological polar surface area (TPSA) is 113 Å². The van der Waals surface area contributed by atoms with Crippen LogP contribution in [-0.4, -0.2) is 35.5 Å². The highest BCUT2D eigenvalue weighted by Gasteiger charge is 2.32. The second-order valence-corrected chi connectivity index (χ2v) is 11.5. The van der Waals surface area contributed by atoms with Crippen molar-refractivity contribution >= 4 is 43.0 Å². The van der Waals surface area contributed by atoms with Crippen molar-refractivity contribution in [2.75, 3.05) is 27.1 Å². The minimum Gasteiger partial charge on any atom is -0.325 e. The molecule has 0 atom stereocenters. The largest absolute Gasteiger partial charge is 0.416 e. The normalized spacial score (nSPS) is 12.1. The Balaban J connectivity index is 1.74. The molecule has 8 nitrogen and oxygen atoms in total. The van der Waals surface area contributed by atoms with Crippen molar-refractivity contribution in [3.63, 3.8) is 0 Å². The number of aryl methyl sites for hydroxylation is 1. The zero-order valence-electron chi connectivity index (χ0n) is 19.1. The molecule has 0 radical (unpaired) electrons. The van der Waals surface area contributed by atoms with Crippen LogP contribution >= 0.6 is 0 Å². The molecule has 0 saturated carbocycles. The molecule has 0 heterocycles. The van der Waals surface area contributed by atoms with Gasteiger partial charge in [0.05, 0.1) is 22.4 Å². The maximum atomic E-state index is 13.0. The molecule has 0 aliphatic heterocycles. The lowest BCUT2D eigenvalue weighted by molar-refractivity contribution is -0.137. The predicted molar refractivity (Wildman–Crippen MR) is 131 cm³/mol. The van der Waals surface area contributed by atoms with Crippen molar-refractivity contribution in [1.29, 1.82) is 0 Å². The van der Waals surface area contributed by atoms with Gasteiger partial charge in [0.25, 0.3) is 10.0 Å². The summed E-state index contributed by atoms with van der Waals surface area (Å²) in [6.07, 6.45) is -3.93. The number of hydrogen-bond donors (Lipinski definition) is 2. The van der Waals surface area contributed by atoms with Crippen molar-refractivity contribution in [3.8, 4) is 0 Å². The number of halogens is 3. The summed E-state index contributed by atoms with van der Waals surface area (Å²) in [5.41, 5.74) is 0.00707. The molecule has 0 spiro atoms. The quantitative estimate of drug-likeness (QED) is 0.444. The van der Waals surface area contributed by atoms with E-state index in [4.69, 9.17) is 0 Å². The van der Waals surface area contributed by atoms with Crippen molar-refractivity contribution in [2.45, 2.75) is 18.0 Å². The molecule has 2 N–H and O–H groups in total. The van der Waals surface area contributed by atoms with Crippen LogP contribution in [0.5, 0.6) is 0 Å². The maximum absolute atomic E-state index is 13.0. The average molecular weight is 542 g/mol. The minimum atomic E-state index is -4.70. The van der Waals surface area contributed by atoms with Crippen LogP contribution in [0.3, 0.4) is 0 Å². The Morgan fingerprint density at radius 2 is 1.53 bits per heavy atom. The van der Waals surface area contributed by atoms with Crippen LogP contribution in [0.1, 0.15) is 11.1 Å². The third-order valence-corrected chi connectivity index (χ3v) is 7.41. The summed E-state index contributed by atoms with van der Waals surface area (Å²) < 4.78 is 91.7. The van der Waals surface area contributed by atoms with Gasteiger partial charge in [-0.2, -0.15) is 13.2 Å². The Labute approximate surface area is 206 Å². The van der Waals surface area contributed by atoms with E-state index in [1.807, 2.05) is 13.0 Å². The molecular formula is C23H22F3N3O5S2. The Kier molecular flexibility index (Phi) is 7.65. The summed E-state index contributed by atoms with van der Waals surface area (Å²) in [5.74, 6) is -0.841. The summed E-state index contributed by atoms with van der Waals surface area (Å²) >= 11 is 0. The van der Waals surface area contributed by atoms with Crippen LogP contribution in [-0.2, 0) is 31.0 Å². The molecule has 1 amide bonds. The summed E-state index contributed by atoms with van der Waals surface area (Å²) in [6, 6.07) is 15.5. The molecule has 0 saturated heterocycles. The van der Waals surface area contributed by atoms with Crippen LogP contribution in [0, 0.1) is 6.92 Å². The highest BCUT2D eigenvalue weighted by molar-refractivity contribution is 7.92. The van der Waals surface area contributed by atoms with E-state index in [1.165, 1.54) is 24.3 Å². The van der Waals surface area contributed by atoms with E-state index in [-0.39, 0.29) is 16.3 Å². The molecule has 3 aromatic carbocycles. The highest BCUT2D eigenvalue weighted by atomic mass is 32.2. The lowest BCUT2D eigenvalue weighted by Crippen LogP contribution is -2.37. The number of anilines is 3. The minimum absolute atomic E-state index is 0.0799. The van der Waals surface area contributed by atoms with Crippen molar-refractivity contribution in [2.24, 2.45) is 0 Å². The Morgan fingerprint density at radius 1 is 0.889 bits per heavy atom. The van der Waals surface area contributed by atoms with Gasteiger partial charge in [-0.3, -0.25) is 13.8 Å². The van der Waals surface area contributed by atoms with Gasteiger partial charge in [0, 0.05) is 11.4 Å². The van der Waals surface area contributed by atoms with E-state index in [0.29, 0.717) is 16.1 Å². The number of sulfonamides is 2. The van der Waals surface area contributed by atoms with Gasteiger partial charge in [-0.1, -0.05) is 18.2 Å². The van der Waals surface area contributed by atoms with E-state index in [2.05, 4.69) is 10.0 Å². The lowest BCUT2D eigenvalue weighted by Gasteiger charge is -2.22. The number of hydrogen-bond acceptors (Lipinski definition) is 5. The summed E-state index contributed by atoms with van der Waals surface area (Å²) in [7, 11) is -8.02. The van der Waals surface area contributed by atoms with Gasteiger partial charge in [-0.05, 0) is 67.1 Å². The van der Waals surface area contributed by atoms with Crippen LogP contribution < -0.4 is 14.3 Å². The first-order valence-electron chi connectivity index (χ1n) is 10.3. The molecule has 13 heteroatoms. The fraction of sp³-hybridized carbons (Fsp3) is 0.174. The number of rotatable bonds is 8.